The van der Waals surface area contributed by atoms with Crippen molar-refractivity contribution in [1.82, 2.24) is 5.32 Å². The van der Waals surface area contributed by atoms with Gasteiger partial charge < -0.3 is 5.32 Å². The number of hydrogen-bond donors (Lipinski definition) is 1. The monoisotopic (exact) mass is 385 g/mol. The SMILES string of the molecule is CNC(c1cccc(Br)c1F)c1cccc(C)c1Br. The third-order valence-electron chi connectivity index (χ3n) is 3.11. The molecule has 2 aromatic rings. The summed E-state index contributed by atoms with van der Waals surface area (Å²) in [7, 11) is 1.83. The molecule has 0 heterocycles. The van der Waals surface area contributed by atoms with Crippen molar-refractivity contribution in [3.63, 3.8) is 0 Å². The van der Waals surface area contributed by atoms with Crippen LogP contribution in [0.25, 0.3) is 0 Å². The standard InChI is InChI=1S/C15H14Br2FN/c1-9-5-3-6-10(13(9)17)15(19-2)11-7-4-8-12(16)14(11)18/h3-8,15,19H,1-2H3. The fraction of sp³-hybridized carbons (Fsp3) is 0.200. The van der Waals surface area contributed by atoms with Gasteiger partial charge in [-0.25, -0.2) is 4.39 Å². The summed E-state index contributed by atoms with van der Waals surface area (Å²) in [6.07, 6.45) is 0. The van der Waals surface area contributed by atoms with Crippen molar-refractivity contribution in [3.8, 4) is 0 Å². The Labute approximate surface area is 129 Å². The van der Waals surface area contributed by atoms with E-state index in [0.717, 1.165) is 15.6 Å². The summed E-state index contributed by atoms with van der Waals surface area (Å²) in [4.78, 5) is 0. The molecule has 0 saturated carbocycles. The minimum absolute atomic E-state index is 0.188. The van der Waals surface area contributed by atoms with Crippen molar-refractivity contribution in [3.05, 3.63) is 67.9 Å². The van der Waals surface area contributed by atoms with Crippen LogP contribution in [0.3, 0.4) is 0 Å². The van der Waals surface area contributed by atoms with Crippen LogP contribution in [0.1, 0.15) is 22.7 Å². The molecular formula is C15H14Br2FN. The van der Waals surface area contributed by atoms with Gasteiger partial charge in [0.2, 0.25) is 0 Å². The molecule has 0 bridgehead atoms. The smallest absolute Gasteiger partial charge is 0.142 e. The van der Waals surface area contributed by atoms with E-state index in [0.29, 0.717) is 10.0 Å². The predicted molar refractivity (Wildman–Crippen MR) is 83.9 cm³/mol. The predicted octanol–water partition coefficient (Wildman–Crippen LogP) is 4.97. The van der Waals surface area contributed by atoms with E-state index < -0.39 is 0 Å². The normalized spacial score (nSPS) is 12.5. The summed E-state index contributed by atoms with van der Waals surface area (Å²) in [5, 5.41) is 3.18. The first-order valence-electron chi connectivity index (χ1n) is 5.92. The van der Waals surface area contributed by atoms with Crippen molar-refractivity contribution in [2.45, 2.75) is 13.0 Å². The van der Waals surface area contributed by atoms with E-state index in [1.54, 1.807) is 12.1 Å². The summed E-state index contributed by atoms with van der Waals surface area (Å²) >= 11 is 6.82. The van der Waals surface area contributed by atoms with E-state index in [-0.39, 0.29) is 11.9 Å². The van der Waals surface area contributed by atoms with Gasteiger partial charge in [0.1, 0.15) is 5.82 Å². The fourth-order valence-corrected chi connectivity index (χ4v) is 2.99. The van der Waals surface area contributed by atoms with E-state index in [2.05, 4.69) is 37.2 Å². The van der Waals surface area contributed by atoms with Gasteiger partial charge in [0.15, 0.2) is 0 Å². The molecular weight excluding hydrogens is 373 g/mol. The van der Waals surface area contributed by atoms with Crippen LogP contribution in [0.4, 0.5) is 4.39 Å². The first-order chi connectivity index (χ1) is 9.06. The van der Waals surface area contributed by atoms with Crippen molar-refractivity contribution >= 4 is 31.9 Å². The highest BCUT2D eigenvalue weighted by Crippen LogP contribution is 2.33. The summed E-state index contributed by atoms with van der Waals surface area (Å²) < 4.78 is 15.7. The van der Waals surface area contributed by atoms with Gasteiger partial charge in [-0.05, 0) is 47.1 Å². The van der Waals surface area contributed by atoms with E-state index in [9.17, 15) is 4.39 Å². The van der Waals surface area contributed by atoms with Gasteiger partial charge in [-0.2, -0.15) is 0 Å². The Morgan fingerprint density at radius 2 is 1.68 bits per heavy atom. The Hall–Kier alpha value is -0.710. The van der Waals surface area contributed by atoms with Crippen LogP contribution < -0.4 is 5.32 Å². The molecule has 0 aliphatic rings. The average Bonchev–Trinajstić information content (AvgIpc) is 2.40. The first-order valence-corrected chi connectivity index (χ1v) is 7.51. The van der Waals surface area contributed by atoms with Gasteiger partial charge >= 0.3 is 0 Å². The maximum absolute atomic E-state index is 14.3. The molecule has 100 valence electrons. The molecule has 4 heteroatoms. The molecule has 1 N–H and O–H groups in total. The second-order valence-corrected chi connectivity index (χ2v) is 5.99. The number of hydrogen-bond acceptors (Lipinski definition) is 1. The third-order valence-corrected chi connectivity index (χ3v) is 4.81. The molecule has 1 nitrogen and oxygen atoms in total. The molecule has 0 radical (unpaired) electrons. The van der Waals surface area contributed by atoms with Crippen LogP contribution in [0, 0.1) is 12.7 Å². The number of benzene rings is 2. The molecule has 0 fully saturated rings. The van der Waals surface area contributed by atoms with Crippen LogP contribution in [-0.2, 0) is 0 Å². The molecule has 0 aliphatic carbocycles. The van der Waals surface area contributed by atoms with Gasteiger partial charge in [-0.15, -0.1) is 0 Å². The average molecular weight is 387 g/mol. The van der Waals surface area contributed by atoms with Crippen LogP contribution in [0.5, 0.6) is 0 Å². The van der Waals surface area contributed by atoms with Crippen molar-refractivity contribution < 1.29 is 4.39 Å². The van der Waals surface area contributed by atoms with E-state index in [1.807, 2.05) is 38.2 Å². The molecule has 0 aliphatic heterocycles. The molecule has 19 heavy (non-hydrogen) atoms. The third kappa shape index (κ3) is 2.91. The zero-order valence-electron chi connectivity index (χ0n) is 10.7. The van der Waals surface area contributed by atoms with Gasteiger partial charge in [-0.1, -0.05) is 46.3 Å². The highest BCUT2D eigenvalue weighted by atomic mass is 79.9. The molecule has 0 spiro atoms. The van der Waals surface area contributed by atoms with Gasteiger partial charge in [0.25, 0.3) is 0 Å². The van der Waals surface area contributed by atoms with Crippen molar-refractivity contribution in [2.24, 2.45) is 0 Å². The maximum atomic E-state index is 14.3. The van der Waals surface area contributed by atoms with E-state index in [1.165, 1.54) is 0 Å². The fourth-order valence-electron chi connectivity index (χ4n) is 2.12. The molecule has 1 unspecified atom stereocenters. The zero-order valence-corrected chi connectivity index (χ0v) is 13.8. The largest absolute Gasteiger partial charge is 0.309 e. The number of aryl methyl sites for hydroxylation is 1. The Morgan fingerprint density at radius 1 is 1.05 bits per heavy atom. The Bertz CT molecular complexity index is 547. The Kier molecular flexibility index (Phi) is 4.76. The summed E-state index contributed by atoms with van der Waals surface area (Å²) in [5.74, 6) is -0.227. The second-order valence-electron chi connectivity index (χ2n) is 4.34. The van der Waals surface area contributed by atoms with Crippen molar-refractivity contribution in [1.29, 1.82) is 0 Å². The molecule has 0 aromatic heterocycles. The lowest BCUT2D eigenvalue weighted by molar-refractivity contribution is 0.570. The molecule has 2 aromatic carbocycles. The topological polar surface area (TPSA) is 12.0 Å². The van der Waals surface area contributed by atoms with E-state index in [4.69, 9.17) is 0 Å². The lowest BCUT2D eigenvalue weighted by atomic mass is 9.97. The molecule has 0 amide bonds. The van der Waals surface area contributed by atoms with Gasteiger partial charge in [0, 0.05) is 10.0 Å². The highest BCUT2D eigenvalue weighted by molar-refractivity contribution is 9.10. The van der Waals surface area contributed by atoms with E-state index >= 15 is 0 Å². The number of rotatable bonds is 3. The second kappa shape index (κ2) is 6.16. The summed E-state index contributed by atoms with van der Waals surface area (Å²) in [6, 6.07) is 11.2. The van der Waals surface area contributed by atoms with Gasteiger partial charge in [-0.3, -0.25) is 0 Å². The Balaban J connectivity index is 2.57. The molecule has 0 saturated heterocycles. The number of halogens is 3. The summed E-state index contributed by atoms with van der Waals surface area (Å²) in [6.45, 7) is 2.03. The highest BCUT2D eigenvalue weighted by Gasteiger charge is 2.20. The molecule has 2 rings (SSSR count). The number of nitrogens with one attached hydrogen (secondary N) is 1. The van der Waals surface area contributed by atoms with Crippen LogP contribution in [0.2, 0.25) is 0 Å². The maximum Gasteiger partial charge on any atom is 0.142 e. The van der Waals surface area contributed by atoms with Crippen LogP contribution in [-0.4, -0.2) is 7.05 Å². The minimum atomic E-state index is -0.227. The first kappa shape index (κ1) is 14.7. The Morgan fingerprint density at radius 3 is 2.37 bits per heavy atom. The minimum Gasteiger partial charge on any atom is -0.309 e. The van der Waals surface area contributed by atoms with Crippen LogP contribution >= 0.6 is 31.9 Å². The van der Waals surface area contributed by atoms with Crippen molar-refractivity contribution in [2.75, 3.05) is 7.05 Å². The quantitative estimate of drug-likeness (QED) is 0.785. The lowest BCUT2D eigenvalue weighted by Gasteiger charge is -2.20. The molecule has 1 atom stereocenters. The lowest BCUT2D eigenvalue weighted by Crippen LogP contribution is -2.19. The van der Waals surface area contributed by atoms with Gasteiger partial charge in [0.05, 0.1) is 10.5 Å². The summed E-state index contributed by atoms with van der Waals surface area (Å²) in [5.41, 5.74) is 2.79. The van der Waals surface area contributed by atoms with Crippen LogP contribution in [0.15, 0.2) is 45.3 Å². The zero-order chi connectivity index (χ0) is 14.0.